The zero-order chi connectivity index (χ0) is 11.0. The summed E-state index contributed by atoms with van der Waals surface area (Å²) >= 11 is 0. The van der Waals surface area contributed by atoms with E-state index in [1.165, 1.54) is 12.5 Å². The molecule has 0 saturated carbocycles. The number of likely N-dealkylation sites (tertiary alicyclic amines) is 1. The van der Waals surface area contributed by atoms with E-state index in [1.807, 2.05) is 4.90 Å². The summed E-state index contributed by atoms with van der Waals surface area (Å²) in [7, 11) is 0. The number of piperidine rings is 1. The van der Waals surface area contributed by atoms with E-state index in [0.717, 1.165) is 32.4 Å². The van der Waals surface area contributed by atoms with Crippen LogP contribution in [-0.2, 0) is 0 Å². The fraction of sp³-hybridized carbons (Fsp3) is 0.636. The molecular formula is C11H15N3O2. The number of nitrogens with zero attached hydrogens (tertiary/aromatic N) is 2. The fourth-order valence-electron chi connectivity index (χ4n) is 2.78. The van der Waals surface area contributed by atoms with Gasteiger partial charge in [-0.25, -0.2) is 0 Å². The highest BCUT2D eigenvalue weighted by atomic mass is 16.5. The van der Waals surface area contributed by atoms with Crippen LogP contribution in [0.5, 0.6) is 0 Å². The first-order valence-electron chi connectivity index (χ1n) is 5.80. The smallest absolute Gasteiger partial charge is 0.259 e. The molecule has 1 N–H and O–H groups in total. The minimum absolute atomic E-state index is 0.0532. The van der Waals surface area contributed by atoms with E-state index in [2.05, 4.69) is 10.5 Å². The van der Waals surface area contributed by atoms with E-state index in [9.17, 15) is 4.79 Å². The second-order valence-electron chi connectivity index (χ2n) is 4.47. The van der Waals surface area contributed by atoms with Gasteiger partial charge in [0.1, 0.15) is 6.26 Å². The molecule has 2 saturated heterocycles. The Labute approximate surface area is 93.8 Å². The Morgan fingerprint density at radius 3 is 3.31 bits per heavy atom. The number of fused-ring (bicyclic) bond motifs is 1. The van der Waals surface area contributed by atoms with Crippen LogP contribution < -0.4 is 5.32 Å². The number of aromatic nitrogens is 1. The molecule has 0 spiro atoms. The minimum atomic E-state index is 0.0532. The minimum Gasteiger partial charge on any atom is -0.364 e. The molecule has 5 heteroatoms. The summed E-state index contributed by atoms with van der Waals surface area (Å²) in [5, 5.41) is 7.06. The van der Waals surface area contributed by atoms with Crippen molar-refractivity contribution in [1.29, 1.82) is 0 Å². The standard InChI is InChI=1S/C11H15N3O2/c15-11(8-6-13-16-7-8)14-5-3-9-10(14)2-1-4-12-9/h6-7,9-10,12H,1-5H2. The molecule has 16 heavy (non-hydrogen) atoms. The number of nitrogens with one attached hydrogen (secondary N) is 1. The number of hydrogen-bond acceptors (Lipinski definition) is 4. The molecule has 0 aliphatic carbocycles. The van der Waals surface area contributed by atoms with Gasteiger partial charge in [-0.2, -0.15) is 0 Å². The second-order valence-corrected chi connectivity index (χ2v) is 4.47. The van der Waals surface area contributed by atoms with Gasteiger partial charge in [-0.3, -0.25) is 4.79 Å². The monoisotopic (exact) mass is 221 g/mol. The molecule has 2 aliphatic heterocycles. The summed E-state index contributed by atoms with van der Waals surface area (Å²) in [5.41, 5.74) is 0.561. The molecule has 2 aliphatic rings. The molecule has 0 aromatic carbocycles. The van der Waals surface area contributed by atoms with Gasteiger partial charge < -0.3 is 14.7 Å². The lowest BCUT2D eigenvalue weighted by atomic mass is 9.99. The highest BCUT2D eigenvalue weighted by molar-refractivity contribution is 5.94. The lowest BCUT2D eigenvalue weighted by molar-refractivity contribution is 0.0705. The quantitative estimate of drug-likeness (QED) is 0.756. The summed E-state index contributed by atoms with van der Waals surface area (Å²) < 4.78 is 4.72. The van der Waals surface area contributed by atoms with Gasteiger partial charge in [-0.15, -0.1) is 0 Å². The van der Waals surface area contributed by atoms with Crippen LogP contribution in [0.2, 0.25) is 0 Å². The molecule has 5 nitrogen and oxygen atoms in total. The molecule has 1 aromatic rings. The number of hydrogen-bond donors (Lipinski definition) is 1. The van der Waals surface area contributed by atoms with Crippen LogP contribution in [0.3, 0.4) is 0 Å². The Morgan fingerprint density at radius 2 is 2.50 bits per heavy atom. The van der Waals surface area contributed by atoms with Crippen LogP contribution in [0, 0.1) is 0 Å². The highest BCUT2D eigenvalue weighted by Crippen LogP contribution is 2.26. The summed E-state index contributed by atoms with van der Waals surface area (Å²) in [6.45, 7) is 1.92. The van der Waals surface area contributed by atoms with Crippen molar-refractivity contribution in [1.82, 2.24) is 15.4 Å². The SMILES string of the molecule is O=C(c1cnoc1)N1CCC2NCCCC21. The largest absolute Gasteiger partial charge is 0.364 e. The molecule has 86 valence electrons. The van der Waals surface area contributed by atoms with Gasteiger partial charge in [0.2, 0.25) is 0 Å². The molecule has 3 rings (SSSR count). The van der Waals surface area contributed by atoms with Gasteiger partial charge in [0.15, 0.2) is 0 Å². The van der Waals surface area contributed by atoms with Gasteiger partial charge in [0.25, 0.3) is 5.91 Å². The van der Waals surface area contributed by atoms with Crippen LogP contribution >= 0.6 is 0 Å². The van der Waals surface area contributed by atoms with Crippen molar-refractivity contribution in [3.63, 3.8) is 0 Å². The maximum atomic E-state index is 12.2. The maximum absolute atomic E-state index is 12.2. The van der Waals surface area contributed by atoms with Crippen LogP contribution in [0.25, 0.3) is 0 Å². The van der Waals surface area contributed by atoms with Crippen LogP contribution in [0.15, 0.2) is 17.0 Å². The van der Waals surface area contributed by atoms with E-state index < -0.39 is 0 Å². The Hall–Kier alpha value is -1.36. The van der Waals surface area contributed by atoms with Gasteiger partial charge in [0.05, 0.1) is 11.8 Å². The Balaban J connectivity index is 1.78. The van der Waals surface area contributed by atoms with Crippen molar-refractivity contribution in [3.05, 3.63) is 18.0 Å². The van der Waals surface area contributed by atoms with Crippen LogP contribution in [0.4, 0.5) is 0 Å². The first-order chi connectivity index (χ1) is 7.86. The third-order valence-electron chi connectivity index (χ3n) is 3.57. The van der Waals surface area contributed by atoms with Crippen LogP contribution in [0.1, 0.15) is 29.6 Å². The first-order valence-corrected chi connectivity index (χ1v) is 5.80. The predicted octanol–water partition coefficient (Wildman–Crippen LogP) is 0.641. The van der Waals surface area contributed by atoms with Crippen LogP contribution in [-0.4, -0.2) is 41.1 Å². The first kappa shape index (κ1) is 9.84. The van der Waals surface area contributed by atoms with E-state index in [4.69, 9.17) is 4.52 Å². The predicted molar refractivity (Wildman–Crippen MR) is 57.0 cm³/mol. The summed E-state index contributed by atoms with van der Waals surface area (Å²) in [4.78, 5) is 14.1. The molecule has 3 heterocycles. The normalized spacial score (nSPS) is 29.1. The lowest BCUT2D eigenvalue weighted by Crippen LogP contribution is -2.48. The third kappa shape index (κ3) is 1.51. The van der Waals surface area contributed by atoms with Crippen molar-refractivity contribution in [2.24, 2.45) is 0 Å². The maximum Gasteiger partial charge on any atom is 0.259 e. The highest BCUT2D eigenvalue weighted by Gasteiger charge is 2.38. The molecule has 0 radical (unpaired) electrons. The molecule has 2 atom stereocenters. The van der Waals surface area contributed by atoms with E-state index in [1.54, 1.807) is 0 Å². The molecule has 2 fully saturated rings. The van der Waals surface area contributed by atoms with E-state index in [-0.39, 0.29) is 5.91 Å². The van der Waals surface area contributed by atoms with Crippen molar-refractivity contribution in [2.45, 2.75) is 31.3 Å². The number of carbonyl (C=O) groups excluding carboxylic acids is 1. The van der Waals surface area contributed by atoms with Gasteiger partial charge >= 0.3 is 0 Å². The van der Waals surface area contributed by atoms with Gasteiger partial charge in [0, 0.05) is 18.6 Å². The van der Waals surface area contributed by atoms with Crippen molar-refractivity contribution >= 4 is 5.91 Å². The summed E-state index contributed by atoms with van der Waals surface area (Å²) in [6.07, 6.45) is 6.22. The average molecular weight is 221 g/mol. The van der Waals surface area contributed by atoms with E-state index >= 15 is 0 Å². The Bertz CT molecular complexity index is 377. The van der Waals surface area contributed by atoms with Crippen molar-refractivity contribution < 1.29 is 9.32 Å². The topological polar surface area (TPSA) is 58.4 Å². The van der Waals surface area contributed by atoms with Gasteiger partial charge in [-0.1, -0.05) is 5.16 Å². The van der Waals surface area contributed by atoms with Crippen molar-refractivity contribution in [3.8, 4) is 0 Å². The number of amides is 1. The second kappa shape index (κ2) is 3.90. The zero-order valence-corrected chi connectivity index (χ0v) is 9.06. The summed E-state index contributed by atoms with van der Waals surface area (Å²) in [6, 6.07) is 0.841. The van der Waals surface area contributed by atoms with Crippen molar-refractivity contribution in [2.75, 3.05) is 13.1 Å². The molecule has 2 unspecified atom stereocenters. The molecule has 1 aromatic heterocycles. The zero-order valence-electron chi connectivity index (χ0n) is 9.06. The fourth-order valence-corrected chi connectivity index (χ4v) is 2.78. The number of carbonyl (C=O) groups is 1. The molecular weight excluding hydrogens is 206 g/mol. The van der Waals surface area contributed by atoms with E-state index in [0.29, 0.717) is 17.6 Å². The lowest BCUT2D eigenvalue weighted by Gasteiger charge is -2.32. The molecule has 0 bridgehead atoms. The van der Waals surface area contributed by atoms with Gasteiger partial charge in [-0.05, 0) is 25.8 Å². The third-order valence-corrected chi connectivity index (χ3v) is 3.57. The molecule has 1 amide bonds. The Kier molecular flexibility index (Phi) is 2.40. The number of rotatable bonds is 1. The summed E-state index contributed by atoms with van der Waals surface area (Å²) in [5.74, 6) is 0.0532. The Morgan fingerprint density at radius 1 is 1.56 bits per heavy atom. The average Bonchev–Trinajstić information content (AvgIpc) is 2.98.